The van der Waals surface area contributed by atoms with E-state index >= 15 is 0 Å². The number of carbonyl (C=O) groups is 2. The van der Waals surface area contributed by atoms with Crippen LogP contribution in [0.4, 0.5) is 10.5 Å². The molecule has 1 atom stereocenters. The highest BCUT2D eigenvalue weighted by molar-refractivity contribution is 9.11. The van der Waals surface area contributed by atoms with E-state index in [2.05, 4.69) is 58.4 Å². The highest BCUT2D eigenvalue weighted by atomic mass is 79.9. The Morgan fingerprint density at radius 3 is 2.30 bits per heavy atom. The Morgan fingerprint density at radius 2 is 1.80 bits per heavy atom. The van der Waals surface area contributed by atoms with Crippen molar-refractivity contribution < 1.29 is 14.7 Å². The van der Waals surface area contributed by atoms with Crippen LogP contribution in [0.5, 0.6) is 0 Å². The maximum absolute atomic E-state index is 11.7. The summed E-state index contributed by atoms with van der Waals surface area (Å²) >= 11 is 10.1. The van der Waals surface area contributed by atoms with Crippen LogP contribution in [0.15, 0.2) is 25.6 Å². The van der Waals surface area contributed by atoms with E-state index in [0.717, 1.165) is 13.4 Å². The van der Waals surface area contributed by atoms with E-state index in [4.69, 9.17) is 5.11 Å². The molecular weight excluding hydrogens is 460 g/mol. The van der Waals surface area contributed by atoms with Crippen molar-refractivity contribution in [2.45, 2.75) is 13.3 Å². The zero-order valence-corrected chi connectivity index (χ0v) is 15.3. The zero-order chi connectivity index (χ0) is 15.3. The molecule has 5 nitrogen and oxygen atoms in total. The average Bonchev–Trinajstić information content (AvgIpc) is 2.33. The van der Waals surface area contributed by atoms with E-state index < -0.39 is 11.9 Å². The fraction of sp³-hybridized carbons (Fsp3) is 0.333. The molecule has 1 aromatic rings. The van der Waals surface area contributed by atoms with Crippen LogP contribution in [0, 0.1) is 5.92 Å². The topological polar surface area (TPSA) is 78.4 Å². The number of benzene rings is 1. The molecule has 0 saturated heterocycles. The number of amides is 2. The Kier molecular flexibility index (Phi) is 6.97. The number of rotatable bonds is 5. The minimum atomic E-state index is -0.870. The highest BCUT2D eigenvalue weighted by Crippen LogP contribution is 2.34. The number of hydrogen-bond donors (Lipinski definition) is 3. The largest absolute Gasteiger partial charge is 0.481 e. The van der Waals surface area contributed by atoms with E-state index in [-0.39, 0.29) is 6.03 Å². The number of aliphatic carboxylic acids is 1. The zero-order valence-electron chi connectivity index (χ0n) is 10.5. The van der Waals surface area contributed by atoms with Gasteiger partial charge in [-0.2, -0.15) is 0 Å². The van der Waals surface area contributed by atoms with Crippen molar-refractivity contribution >= 4 is 65.5 Å². The lowest BCUT2D eigenvalue weighted by molar-refractivity contribution is -0.141. The van der Waals surface area contributed by atoms with Gasteiger partial charge in [0.1, 0.15) is 0 Å². The lowest BCUT2D eigenvalue weighted by Gasteiger charge is -2.12. The number of halogens is 3. The van der Waals surface area contributed by atoms with E-state index in [9.17, 15) is 9.59 Å². The third kappa shape index (κ3) is 5.41. The summed E-state index contributed by atoms with van der Waals surface area (Å²) < 4.78 is 2.33. The standard InChI is InChI=1S/C12H13Br3N2O3/c1-6(11(18)19)2-3-16-12(20)17-10-8(14)4-7(13)5-9(10)15/h4-6H,2-3H2,1H3,(H,18,19)(H2,16,17,20). The fourth-order valence-electron chi connectivity index (χ4n) is 1.35. The van der Waals surface area contributed by atoms with Gasteiger partial charge >= 0.3 is 12.0 Å². The van der Waals surface area contributed by atoms with Crippen LogP contribution in [-0.4, -0.2) is 23.7 Å². The molecule has 0 radical (unpaired) electrons. The van der Waals surface area contributed by atoms with E-state index in [1.54, 1.807) is 6.92 Å². The lowest BCUT2D eigenvalue weighted by atomic mass is 10.1. The van der Waals surface area contributed by atoms with Gasteiger partial charge in [-0.05, 0) is 50.4 Å². The van der Waals surface area contributed by atoms with Gasteiger partial charge in [0.15, 0.2) is 0 Å². The molecule has 20 heavy (non-hydrogen) atoms. The number of urea groups is 1. The van der Waals surface area contributed by atoms with Gasteiger partial charge < -0.3 is 15.7 Å². The first-order valence-corrected chi connectivity index (χ1v) is 8.11. The van der Waals surface area contributed by atoms with Gasteiger partial charge in [0, 0.05) is 20.0 Å². The minimum Gasteiger partial charge on any atom is -0.481 e. The van der Waals surface area contributed by atoms with Crippen molar-refractivity contribution in [3.63, 3.8) is 0 Å². The molecule has 1 aromatic carbocycles. The summed E-state index contributed by atoms with van der Waals surface area (Å²) in [7, 11) is 0. The summed E-state index contributed by atoms with van der Waals surface area (Å²) in [6, 6.07) is 3.24. The van der Waals surface area contributed by atoms with Crippen LogP contribution in [0.2, 0.25) is 0 Å². The summed E-state index contributed by atoms with van der Waals surface area (Å²) in [5, 5.41) is 14.1. The molecule has 110 valence electrons. The highest BCUT2D eigenvalue weighted by Gasteiger charge is 2.12. The molecule has 1 rings (SSSR count). The van der Waals surface area contributed by atoms with E-state index in [1.807, 2.05) is 12.1 Å². The molecule has 2 amide bonds. The maximum Gasteiger partial charge on any atom is 0.319 e. The fourth-order valence-corrected chi connectivity index (χ4v) is 3.80. The molecule has 0 saturated carbocycles. The summed E-state index contributed by atoms with van der Waals surface area (Å²) in [5.74, 6) is -1.35. The second kappa shape index (κ2) is 7.99. The van der Waals surface area contributed by atoms with Gasteiger partial charge in [-0.25, -0.2) is 4.79 Å². The predicted molar refractivity (Wildman–Crippen MR) is 88.0 cm³/mol. The molecule has 8 heteroatoms. The third-order valence-electron chi connectivity index (χ3n) is 2.53. The average molecular weight is 473 g/mol. The normalized spacial score (nSPS) is 11.8. The van der Waals surface area contributed by atoms with Gasteiger partial charge in [0.25, 0.3) is 0 Å². The molecule has 0 heterocycles. The molecule has 0 spiro atoms. The van der Waals surface area contributed by atoms with E-state index in [1.165, 1.54) is 0 Å². The summed E-state index contributed by atoms with van der Waals surface area (Å²) in [4.78, 5) is 22.4. The minimum absolute atomic E-state index is 0.297. The second-order valence-corrected chi connectivity index (χ2v) is 6.78. The third-order valence-corrected chi connectivity index (χ3v) is 4.24. The predicted octanol–water partition coefficient (Wildman–Crippen LogP) is 4.21. The molecule has 0 bridgehead atoms. The quantitative estimate of drug-likeness (QED) is 0.600. The second-order valence-electron chi connectivity index (χ2n) is 4.15. The number of nitrogens with one attached hydrogen (secondary N) is 2. The van der Waals surface area contributed by atoms with Gasteiger partial charge in [0.05, 0.1) is 11.6 Å². The molecule has 0 aliphatic heterocycles. The lowest BCUT2D eigenvalue weighted by Crippen LogP contribution is -2.31. The van der Waals surface area contributed by atoms with Gasteiger partial charge in [0.2, 0.25) is 0 Å². The molecule has 1 unspecified atom stereocenters. The Bertz CT molecular complexity index is 500. The molecule has 0 fully saturated rings. The molecule has 0 aromatic heterocycles. The smallest absolute Gasteiger partial charge is 0.319 e. The first-order valence-electron chi connectivity index (χ1n) is 5.73. The number of anilines is 1. The van der Waals surface area contributed by atoms with Crippen molar-refractivity contribution in [1.29, 1.82) is 0 Å². The van der Waals surface area contributed by atoms with Crippen molar-refractivity contribution in [2.24, 2.45) is 5.92 Å². The van der Waals surface area contributed by atoms with Crippen molar-refractivity contribution in [3.05, 3.63) is 25.6 Å². The maximum atomic E-state index is 11.7. The van der Waals surface area contributed by atoms with Crippen LogP contribution in [0.3, 0.4) is 0 Å². The number of carbonyl (C=O) groups excluding carboxylic acids is 1. The first-order chi connectivity index (χ1) is 9.31. The van der Waals surface area contributed by atoms with Crippen LogP contribution in [0.25, 0.3) is 0 Å². The van der Waals surface area contributed by atoms with Crippen molar-refractivity contribution in [3.8, 4) is 0 Å². The molecule has 0 aliphatic carbocycles. The number of carboxylic acids is 1. The van der Waals surface area contributed by atoms with Crippen molar-refractivity contribution in [1.82, 2.24) is 5.32 Å². The van der Waals surface area contributed by atoms with Crippen LogP contribution >= 0.6 is 47.8 Å². The monoisotopic (exact) mass is 470 g/mol. The van der Waals surface area contributed by atoms with Crippen LogP contribution < -0.4 is 10.6 Å². The Labute approximate surface area is 141 Å². The Balaban J connectivity index is 2.53. The summed E-state index contributed by atoms with van der Waals surface area (Å²) in [6.07, 6.45) is 0.380. The Hall–Kier alpha value is -0.600. The summed E-state index contributed by atoms with van der Waals surface area (Å²) in [6.45, 7) is 1.90. The molecular formula is C12H13Br3N2O3. The van der Waals surface area contributed by atoms with Crippen LogP contribution in [0.1, 0.15) is 13.3 Å². The first kappa shape index (κ1) is 17.5. The number of hydrogen-bond acceptors (Lipinski definition) is 2. The number of carboxylic acid groups (broad SMARTS) is 1. The van der Waals surface area contributed by atoms with Crippen molar-refractivity contribution in [2.75, 3.05) is 11.9 Å². The van der Waals surface area contributed by atoms with Gasteiger partial charge in [-0.15, -0.1) is 0 Å². The summed E-state index contributed by atoms with van der Waals surface area (Å²) in [5.41, 5.74) is 0.608. The Morgan fingerprint density at radius 1 is 1.25 bits per heavy atom. The van der Waals surface area contributed by atoms with Crippen LogP contribution in [-0.2, 0) is 4.79 Å². The van der Waals surface area contributed by atoms with E-state index in [0.29, 0.717) is 18.7 Å². The molecule has 3 N–H and O–H groups in total. The van der Waals surface area contributed by atoms with Gasteiger partial charge in [-0.3, -0.25) is 4.79 Å². The SMILES string of the molecule is CC(CCNC(=O)Nc1c(Br)cc(Br)cc1Br)C(=O)O. The molecule has 0 aliphatic rings. The van der Waals surface area contributed by atoms with Gasteiger partial charge in [-0.1, -0.05) is 22.9 Å².